The second-order valence-corrected chi connectivity index (χ2v) is 5.81. The lowest BCUT2D eigenvalue weighted by molar-refractivity contribution is -0.137. The fourth-order valence-corrected chi connectivity index (χ4v) is 2.73. The first kappa shape index (κ1) is 16.3. The van der Waals surface area contributed by atoms with E-state index in [0.29, 0.717) is 24.8 Å². The van der Waals surface area contributed by atoms with Crippen molar-refractivity contribution in [3.05, 3.63) is 11.8 Å². The molecule has 1 aliphatic carbocycles. The van der Waals surface area contributed by atoms with Crippen LogP contribution in [0.1, 0.15) is 56.6 Å². The number of carboxylic acid groups (broad SMARTS) is 1. The Kier molecular flexibility index (Phi) is 5.80. The smallest absolute Gasteiger partial charge is 0.320 e. The zero-order valence-electron chi connectivity index (χ0n) is 13.0. The van der Waals surface area contributed by atoms with Crippen LogP contribution in [0.15, 0.2) is 6.20 Å². The van der Waals surface area contributed by atoms with E-state index in [1.54, 1.807) is 0 Å². The molecule has 7 heteroatoms. The molecular formula is C15H24N4O3. The first-order valence-corrected chi connectivity index (χ1v) is 7.88. The summed E-state index contributed by atoms with van der Waals surface area (Å²) in [5.41, 5.74) is 0.936. The van der Waals surface area contributed by atoms with Gasteiger partial charge in [-0.25, -0.2) is 4.79 Å². The molecule has 7 nitrogen and oxygen atoms in total. The number of aromatic nitrogens is 2. The molecule has 1 saturated carbocycles. The normalized spacial score (nSPS) is 15.5. The molecule has 1 aromatic heterocycles. The Balaban J connectivity index is 1.83. The predicted octanol–water partition coefficient (Wildman–Crippen LogP) is 2.68. The van der Waals surface area contributed by atoms with Crippen molar-refractivity contribution in [2.24, 2.45) is 0 Å². The van der Waals surface area contributed by atoms with Crippen LogP contribution in [0.5, 0.6) is 0 Å². The third-order valence-electron chi connectivity index (χ3n) is 3.95. The zero-order chi connectivity index (χ0) is 15.9. The highest BCUT2D eigenvalue weighted by molar-refractivity contribution is 5.88. The third-order valence-corrected chi connectivity index (χ3v) is 3.95. The molecular weight excluding hydrogens is 284 g/mol. The number of rotatable bonds is 6. The van der Waals surface area contributed by atoms with Gasteiger partial charge in [0, 0.05) is 24.7 Å². The summed E-state index contributed by atoms with van der Waals surface area (Å²) in [6.07, 6.45) is 8.49. The summed E-state index contributed by atoms with van der Waals surface area (Å²) in [5.74, 6) is -0.286. The summed E-state index contributed by atoms with van der Waals surface area (Å²) < 4.78 is 1.97. The Hall–Kier alpha value is -2.05. The third kappa shape index (κ3) is 4.75. The molecule has 0 spiro atoms. The second-order valence-electron chi connectivity index (χ2n) is 5.81. The molecule has 0 aromatic carbocycles. The van der Waals surface area contributed by atoms with Crippen LogP contribution in [0.3, 0.4) is 0 Å². The minimum atomic E-state index is -0.857. The van der Waals surface area contributed by atoms with Crippen molar-refractivity contribution in [2.45, 2.75) is 57.9 Å². The highest BCUT2D eigenvalue weighted by atomic mass is 16.4. The van der Waals surface area contributed by atoms with E-state index >= 15 is 0 Å². The number of aryl methyl sites for hydroxylation is 1. The minimum absolute atomic E-state index is 0.0512. The van der Waals surface area contributed by atoms with Crippen molar-refractivity contribution >= 4 is 17.8 Å². The number of amides is 2. The van der Waals surface area contributed by atoms with Gasteiger partial charge in [0.15, 0.2) is 5.82 Å². The monoisotopic (exact) mass is 308 g/mol. The van der Waals surface area contributed by atoms with E-state index in [4.69, 9.17) is 5.11 Å². The molecule has 2 rings (SSSR count). The molecule has 0 radical (unpaired) electrons. The zero-order valence-corrected chi connectivity index (χ0v) is 13.0. The van der Waals surface area contributed by atoms with Crippen LogP contribution in [0.2, 0.25) is 0 Å². The number of anilines is 1. The summed E-state index contributed by atoms with van der Waals surface area (Å²) in [7, 11) is 0. The predicted molar refractivity (Wildman–Crippen MR) is 83.0 cm³/mol. The molecule has 2 amide bonds. The van der Waals surface area contributed by atoms with E-state index < -0.39 is 5.97 Å². The molecule has 0 bridgehead atoms. The molecule has 1 fully saturated rings. The van der Waals surface area contributed by atoms with Crippen LogP contribution in [-0.4, -0.2) is 33.4 Å². The average molecular weight is 308 g/mol. The Bertz CT molecular complexity index is 521. The molecule has 3 N–H and O–H groups in total. The van der Waals surface area contributed by atoms with Crippen LogP contribution < -0.4 is 10.6 Å². The fraction of sp³-hybridized carbons (Fsp3) is 0.667. The van der Waals surface area contributed by atoms with Gasteiger partial charge in [-0.3, -0.25) is 14.8 Å². The number of urea groups is 1. The molecule has 0 atom stereocenters. The number of nitrogens with one attached hydrogen (secondary N) is 2. The van der Waals surface area contributed by atoms with E-state index in [-0.39, 0.29) is 12.5 Å². The number of hydrogen-bond acceptors (Lipinski definition) is 3. The van der Waals surface area contributed by atoms with Crippen LogP contribution in [-0.2, 0) is 4.79 Å². The number of carbonyl (C=O) groups excluding carboxylic acids is 1. The lowest BCUT2D eigenvalue weighted by Gasteiger charge is -2.21. The highest BCUT2D eigenvalue weighted by Gasteiger charge is 2.18. The maximum atomic E-state index is 11.8. The lowest BCUT2D eigenvalue weighted by atomic mass is 9.96. The number of nitrogens with zero attached hydrogens (tertiary/aromatic N) is 2. The number of aliphatic carboxylic acids is 1. The van der Waals surface area contributed by atoms with Gasteiger partial charge < -0.3 is 10.4 Å². The Labute approximate surface area is 130 Å². The van der Waals surface area contributed by atoms with Gasteiger partial charge in [-0.05, 0) is 26.2 Å². The van der Waals surface area contributed by atoms with Gasteiger partial charge in [-0.1, -0.05) is 19.3 Å². The molecule has 122 valence electrons. The Morgan fingerprint density at radius 2 is 2.09 bits per heavy atom. The minimum Gasteiger partial charge on any atom is -0.481 e. The van der Waals surface area contributed by atoms with Gasteiger partial charge in [0.1, 0.15) is 0 Å². The van der Waals surface area contributed by atoms with Crippen LogP contribution in [0.25, 0.3) is 0 Å². The maximum Gasteiger partial charge on any atom is 0.320 e. The molecule has 22 heavy (non-hydrogen) atoms. The van der Waals surface area contributed by atoms with Gasteiger partial charge in [0.25, 0.3) is 0 Å². The number of carboxylic acids is 1. The summed E-state index contributed by atoms with van der Waals surface area (Å²) >= 11 is 0. The Morgan fingerprint density at radius 1 is 1.36 bits per heavy atom. The molecule has 0 saturated heterocycles. The van der Waals surface area contributed by atoms with Crippen LogP contribution in [0.4, 0.5) is 10.6 Å². The van der Waals surface area contributed by atoms with Crippen molar-refractivity contribution in [1.29, 1.82) is 0 Å². The largest absolute Gasteiger partial charge is 0.481 e. The fourth-order valence-electron chi connectivity index (χ4n) is 2.73. The van der Waals surface area contributed by atoms with Crippen LogP contribution in [0, 0.1) is 6.92 Å². The maximum absolute atomic E-state index is 11.8. The topological polar surface area (TPSA) is 96.3 Å². The second kappa shape index (κ2) is 7.82. The van der Waals surface area contributed by atoms with Gasteiger partial charge in [0.05, 0.1) is 6.04 Å². The van der Waals surface area contributed by atoms with E-state index in [2.05, 4.69) is 15.7 Å². The van der Waals surface area contributed by atoms with Crippen molar-refractivity contribution in [2.75, 3.05) is 11.9 Å². The first-order valence-electron chi connectivity index (χ1n) is 7.88. The summed E-state index contributed by atoms with van der Waals surface area (Å²) in [6.45, 7) is 2.26. The van der Waals surface area contributed by atoms with Crippen molar-refractivity contribution < 1.29 is 14.7 Å². The van der Waals surface area contributed by atoms with Crippen LogP contribution >= 0.6 is 0 Å². The number of hydrogen-bond donors (Lipinski definition) is 3. The lowest BCUT2D eigenvalue weighted by Crippen LogP contribution is -2.30. The van der Waals surface area contributed by atoms with Gasteiger partial charge >= 0.3 is 12.0 Å². The Morgan fingerprint density at radius 3 is 2.77 bits per heavy atom. The average Bonchev–Trinajstić information content (AvgIpc) is 2.85. The summed E-state index contributed by atoms with van der Waals surface area (Å²) in [5, 5.41) is 18.4. The van der Waals surface area contributed by atoms with Crippen molar-refractivity contribution in [3.8, 4) is 0 Å². The summed E-state index contributed by atoms with van der Waals surface area (Å²) in [4.78, 5) is 22.2. The first-order chi connectivity index (χ1) is 10.6. The van der Waals surface area contributed by atoms with Crippen molar-refractivity contribution in [1.82, 2.24) is 15.1 Å². The molecule has 0 aliphatic heterocycles. The van der Waals surface area contributed by atoms with Gasteiger partial charge in [-0.15, -0.1) is 0 Å². The van der Waals surface area contributed by atoms with E-state index in [1.165, 1.54) is 19.3 Å². The van der Waals surface area contributed by atoms with Gasteiger partial charge in [0.2, 0.25) is 0 Å². The molecule has 0 unspecified atom stereocenters. The quantitative estimate of drug-likeness (QED) is 0.704. The van der Waals surface area contributed by atoms with E-state index in [9.17, 15) is 9.59 Å². The molecule has 1 aromatic rings. The SMILES string of the molecule is Cc1cn(C2CCCCC2)nc1NC(=O)NCCCC(=O)O. The standard InChI is InChI=1S/C15H24N4O3/c1-11-10-19(12-6-3-2-4-7-12)18-14(11)17-15(22)16-9-5-8-13(20)21/h10,12H,2-9H2,1H3,(H,20,21)(H2,16,17,18,22). The summed E-state index contributed by atoms with van der Waals surface area (Å²) in [6, 6.07) is 0.0870. The van der Waals surface area contributed by atoms with E-state index in [0.717, 1.165) is 18.4 Å². The molecule has 1 heterocycles. The highest BCUT2D eigenvalue weighted by Crippen LogP contribution is 2.28. The number of carbonyl (C=O) groups is 2. The molecule has 1 aliphatic rings. The van der Waals surface area contributed by atoms with Gasteiger partial charge in [-0.2, -0.15) is 5.10 Å². The van der Waals surface area contributed by atoms with E-state index in [1.807, 2.05) is 17.8 Å². The van der Waals surface area contributed by atoms with Crippen molar-refractivity contribution in [3.63, 3.8) is 0 Å².